The largest absolute Gasteiger partial charge is 0.309 e. The maximum Gasteiger partial charge on any atom is 0.0600 e. The van der Waals surface area contributed by atoms with E-state index in [9.17, 15) is 0 Å². The Kier molecular flexibility index (Phi) is 7.96. The molecule has 0 radical (unpaired) electrons. The summed E-state index contributed by atoms with van der Waals surface area (Å²) in [4.78, 5) is 2.57. The first kappa shape index (κ1) is 33.2. The molecule has 2 heterocycles. The quantitative estimate of drug-likeness (QED) is 0.173. The number of para-hydroxylation sites is 3. The van der Waals surface area contributed by atoms with Crippen LogP contribution in [-0.2, 0) is 5.41 Å². The summed E-state index contributed by atoms with van der Waals surface area (Å²) in [5.74, 6) is 0. The van der Waals surface area contributed by atoms with Crippen molar-refractivity contribution in [3.8, 4) is 39.1 Å². The summed E-state index contributed by atoms with van der Waals surface area (Å²) in [5, 5.41) is 1.28. The summed E-state index contributed by atoms with van der Waals surface area (Å²) in [7, 11) is 0. The van der Waals surface area contributed by atoms with Gasteiger partial charge in [-0.15, -0.1) is 0 Å². The van der Waals surface area contributed by atoms with Crippen molar-refractivity contribution in [2.75, 3.05) is 4.90 Å². The Bertz CT molecular complexity index is 2770. The van der Waals surface area contributed by atoms with Gasteiger partial charge in [0.1, 0.15) is 0 Å². The molecule has 0 saturated heterocycles. The summed E-state index contributed by atoms with van der Waals surface area (Å²) in [5.41, 5.74) is 20.1. The molecule has 0 amide bonds. The lowest BCUT2D eigenvalue weighted by Crippen LogP contribution is -2.22. The van der Waals surface area contributed by atoms with Gasteiger partial charge in [0.2, 0.25) is 0 Å². The molecule has 1 aliphatic heterocycles. The average Bonchev–Trinajstić information content (AvgIpc) is 3.51. The Morgan fingerprint density at radius 2 is 1.36 bits per heavy atom. The van der Waals surface area contributed by atoms with Crippen molar-refractivity contribution in [3.63, 3.8) is 0 Å². The molecule has 2 aliphatic carbocycles. The fourth-order valence-corrected chi connectivity index (χ4v) is 9.18. The monoisotopic (exact) mass is 708 g/mol. The summed E-state index contributed by atoms with van der Waals surface area (Å²) >= 11 is 0. The number of hydrogen-bond acceptors (Lipinski definition) is 1. The fraction of sp³-hybridized carbons (Fsp3) is 0.132. The van der Waals surface area contributed by atoms with E-state index in [4.69, 9.17) is 0 Å². The van der Waals surface area contributed by atoms with Gasteiger partial charge in [0.25, 0.3) is 0 Å². The van der Waals surface area contributed by atoms with E-state index in [2.05, 4.69) is 206 Å². The number of aromatic nitrogens is 1. The first-order valence-electron chi connectivity index (χ1n) is 19.6. The minimum atomic E-state index is -0.142. The van der Waals surface area contributed by atoms with E-state index in [1.54, 1.807) is 0 Å². The zero-order valence-corrected chi connectivity index (χ0v) is 31.8. The predicted octanol–water partition coefficient (Wildman–Crippen LogP) is 14.2. The number of benzene rings is 6. The molecule has 7 aromatic rings. The molecular formula is C53H44N2. The van der Waals surface area contributed by atoms with E-state index < -0.39 is 0 Å². The molecule has 6 aromatic carbocycles. The van der Waals surface area contributed by atoms with Gasteiger partial charge in [-0.2, -0.15) is 0 Å². The first-order chi connectivity index (χ1) is 27.0. The SMILES string of the molecule is Cc1ccccc1-c1cc(-c2cc(N3C4=C(CCC=C4)c4c(c5ccccc5n4-c4ccccc4)-c4ccccc43)cc(C3(C)C=CC=CC3)c2)ccc1C. The lowest BCUT2D eigenvalue weighted by molar-refractivity contribution is 0.600. The number of nitrogens with zero attached hydrogens (tertiary/aromatic N) is 2. The molecule has 0 N–H and O–H groups in total. The molecule has 2 nitrogen and oxygen atoms in total. The van der Waals surface area contributed by atoms with Crippen LogP contribution < -0.4 is 4.90 Å². The molecule has 55 heavy (non-hydrogen) atoms. The second-order valence-corrected chi connectivity index (χ2v) is 15.6. The van der Waals surface area contributed by atoms with Crippen molar-refractivity contribution in [3.05, 3.63) is 204 Å². The summed E-state index contributed by atoms with van der Waals surface area (Å²) in [6.07, 6.45) is 16.8. The molecule has 1 aromatic heterocycles. The van der Waals surface area contributed by atoms with Gasteiger partial charge in [0, 0.05) is 38.9 Å². The molecule has 2 heteroatoms. The van der Waals surface area contributed by atoms with Crippen LogP contribution >= 0.6 is 0 Å². The lowest BCUT2D eigenvalue weighted by Gasteiger charge is -2.33. The van der Waals surface area contributed by atoms with Gasteiger partial charge in [-0.25, -0.2) is 0 Å². The lowest BCUT2D eigenvalue weighted by atomic mass is 9.76. The zero-order valence-electron chi connectivity index (χ0n) is 31.8. The smallest absolute Gasteiger partial charge is 0.0600 e. The van der Waals surface area contributed by atoms with Gasteiger partial charge in [0.15, 0.2) is 0 Å². The van der Waals surface area contributed by atoms with Crippen LogP contribution in [0.15, 0.2) is 182 Å². The van der Waals surface area contributed by atoms with Gasteiger partial charge < -0.3 is 9.47 Å². The fourth-order valence-electron chi connectivity index (χ4n) is 9.18. The molecule has 0 spiro atoms. The van der Waals surface area contributed by atoms with Crippen molar-refractivity contribution in [2.45, 2.75) is 45.4 Å². The predicted molar refractivity (Wildman–Crippen MR) is 233 cm³/mol. The Hall–Kier alpha value is -6.38. The number of allylic oxidation sites excluding steroid dienone is 7. The van der Waals surface area contributed by atoms with Gasteiger partial charge in [-0.05, 0) is 121 Å². The molecule has 1 unspecified atom stereocenters. The van der Waals surface area contributed by atoms with E-state index in [-0.39, 0.29) is 5.41 Å². The van der Waals surface area contributed by atoms with Gasteiger partial charge >= 0.3 is 0 Å². The van der Waals surface area contributed by atoms with Crippen LogP contribution in [-0.4, -0.2) is 4.57 Å². The highest BCUT2D eigenvalue weighted by Crippen LogP contribution is 2.53. The van der Waals surface area contributed by atoms with Crippen molar-refractivity contribution in [1.29, 1.82) is 0 Å². The molecule has 0 saturated carbocycles. The molecule has 0 bridgehead atoms. The highest BCUT2D eigenvalue weighted by Gasteiger charge is 2.34. The molecule has 10 rings (SSSR count). The van der Waals surface area contributed by atoms with Crippen LogP contribution in [0.2, 0.25) is 0 Å². The number of hydrogen-bond donors (Lipinski definition) is 0. The minimum absolute atomic E-state index is 0.142. The maximum atomic E-state index is 2.57. The Morgan fingerprint density at radius 3 is 2.20 bits per heavy atom. The topological polar surface area (TPSA) is 8.17 Å². The first-order valence-corrected chi connectivity index (χ1v) is 19.6. The Balaban J connectivity index is 1.26. The second kappa shape index (κ2) is 13.2. The van der Waals surface area contributed by atoms with Crippen LogP contribution in [0.1, 0.15) is 48.6 Å². The Labute approximate surface area is 324 Å². The van der Waals surface area contributed by atoms with Gasteiger partial charge in [-0.1, -0.05) is 134 Å². The third kappa shape index (κ3) is 5.47. The maximum absolute atomic E-state index is 2.57. The summed E-state index contributed by atoms with van der Waals surface area (Å²) in [6.45, 7) is 6.83. The van der Waals surface area contributed by atoms with Crippen molar-refractivity contribution in [1.82, 2.24) is 4.57 Å². The molecular weight excluding hydrogens is 665 g/mol. The standard InChI is InChI=1S/C53H44N2/c1-36-18-8-9-21-43(36)47-34-38(29-28-37(47)2)39-32-40(53(3)30-16-5-17-31-53)35-42(33-39)54-48-25-13-10-22-44(48)51-45-23-11-14-26-49(45)55(41-19-6-4-7-20-41)52(51)46-24-12-15-27-50(46)54/h4-11,13-23,25-30,32-35H,12,24,31H2,1-3H3. The average molecular weight is 709 g/mol. The highest BCUT2D eigenvalue weighted by atomic mass is 15.2. The van der Waals surface area contributed by atoms with E-state index in [0.717, 1.165) is 19.3 Å². The van der Waals surface area contributed by atoms with Gasteiger partial charge in [0.05, 0.1) is 22.6 Å². The van der Waals surface area contributed by atoms with Crippen molar-refractivity contribution < 1.29 is 0 Å². The third-order valence-electron chi connectivity index (χ3n) is 12.1. The molecule has 0 fully saturated rings. The van der Waals surface area contributed by atoms with Gasteiger partial charge in [-0.3, -0.25) is 0 Å². The van der Waals surface area contributed by atoms with Crippen LogP contribution in [0.3, 0.4) is 0 Å². The van der Waals surface area contributed by atoms with E-state index >= 15 is 0 Å². The number of rotatable bonds is 5. The van der Waals surface area contributed by atoms with Crippen molar-refractivity contribution in [2.24, 2.45) is 0 Å². The Morgan fingerprint density at radius 1 is 0.600 bits per heavy atom. The van der Waals surface area contributed by atoms with Crippen molar-refractivity contribution >= 4 is 27.9 Å². The van der Waals surface area contributed by atoms with E-state index in [1.807, 2.05) is 0 Å². The summed E-state index contributed by atoms with van der Waals surface area (Å²) in [6, 6.07) is 52.0. The third-order valence-corrected chi connectivity index (χ3v) is 12.1. The zero-order chi connectivity index (χ0) is 37.1. The number of anilines is 2. The van der Waals surface area contributed by atoms with E-state index in [0.29, 0.717) is 0 Å². The highest BCUT2D eigenvalue weighted by molar-refractivity contribution is 6.09. The number of aryl methyl sites for hydroxylation is 2. The second-order valence-electron chi connectivity index (χ2n) is 15.6. The summed E-state index contributed by atoms with van der Waals surface area (Å²) < 4.78 is 2.51. The molecule has 1 atom stereocenters. The van der Waals surface area contributed by atoms with Crippen LogP contribution in [0, 0.1) is 13.8 Å². The van der Waals surface area contributed by atoms with Crippen LogP contribution in [0.25, 0.3) is 55.5 Å². The van der Waals surface area contributed by atoms with Crippen LogP contribution in [0.5, 0.6) is 0 Å². The molecule has 266 valence electrons. The minimum Gasteiger partial charge on any atom is -0.309 e. The van der Waals surface area contributed by atoms with Crippen LogP contribution in [0.4, 0.5) is 11.4 Å². The molecule has 3 aliphatic rings. The van der Waals surface area contributed by atoms with E-state index in [1.165, 1.54) is 95.0 Å². The normalized spacial score (nSPS) is 17.3. The number of fused-ring (bicyclic) bond motifs is 6.